The molecule has 0 spiro atoms. The van der Waals surface area contributed by atoms with E-state index in [4.69, 9.17) is 13.3 Å². The number of aryl methyl sites for hydroxylation is 1. The minimum atomic E-state index is -2.45. The zero-order valence-electron chi connectivity index (χ0n) is 12.9. The first-order valence-electron chi connectivity index (χ1n) is 6.62. The van der Waals surface area contributed by atoms with Gasteiger partial charge < -0.3 is 13.3 Å². The van der Waals surface area contributed by atoms with Crippen LogP contribution in [0.15, 0.2) is 24.3 Å². The molecule has 1 rings (SSSR count). The van der Waals surface area contributed by atoms with Crippen LogP contribution in [0.5, 0.6) is 0 Å². The van der Waals surface area contributed by atoms with Gasteiger partial charge in [-0.05, 0) is 12.0 Å². The van der Waals surface area contributed by atoms with Crippen LogP contribution < -0.4 is 5.19 Å². The maximum absolute atomic E-state index is 5.46. The van der Waals surface area contributed by atoms with Crippen LogP contribution in [0.25, 0.3) is 0 Å². The van der Waals surface area contributed by atoms with Crippen molar-refractivity contribution in [2.75, 3.05) is 21.3 Å². The second kappa shape index (κ2) is 6.81. The Hall–Kier alpha value is -0.466. The quantitative estimate of drug-likeness (QED) is 0.724. The predicted molar refractivity (Wildman–Crippen MR) is 84.7 cm³/mol. The number of hydrogen-bond acceptors (Lipinski definition) is 3. The Morgan fingerprint density at radius 1 is 0.947 bits per heavy atom. The van der Waals surface area contributed by atoms with Gasteiger partial charge >= 0.3 is 8.80 Å². The second-order valence-corrected chi connectivity index (χ2v) is 13.9. The van der Waals surface area contributed by atoms with Crippen LogP contribution in [-0.4, -0.2) is 38.2 Å². The zero-order valence-corrected chi connectivity index (χ0v) is 14.9. The van der Waals surface area contributed by atoms with Gasteiger partial charge in [0, 0.05) is 27.4 Å². The van der Waals surface area contributed by atoms with Gasteiger partial charge in [-0.15, -0.1) is 0 Å². The van der Waals surface area contributed by atoms with Crippen molar-refractivity contribution in [2.45, 2.75) is 32.1 Å². The highest BCUT2D eigenvalue weighted by molar-refractivity contribution is 6.88. The van der Waals surface area contributed by atoms with E-state index in [0.29, 0.717) is 0 Å². The molecule has 0 aliphatic carbocycles. The maximum Gasteiger partial charge on any atom is 0.500 e. The Morgan fingerprint density at radius 3 is 2.00 bits per heavy atom. The Bertz CT molecular complexity index is 390. The minimum Gasteiger partial charge on any atom is -0.377 e. The number of rotatable bonds is 7. The van der Waals surface area contributed by atoms with E-state index in [0.717, 1.165) is 12.5 Å². The second-order valence-electron chi connectivity index (χ2n) is 5.75. The Morgan fingerprint density at radius 2 is 1.53 bits per heavy atom. The lowest BCUT2D eigenvalue weighted by atomic mass is 10.2. The van der Waals surface area contributed by atoms with E-state index in [1.54, 1.807) is 21.3 Å². The molecule has 1 aromatic rings. The Kier molecular flexibility index (Phi) is 5.94. The normalized spacial score (nSPS) is 12.7. The van der Waals surface area contributed by atoms with E-state index >= 15 is 0 Å². The van der Waals surface area contributed by atoms with Crippen LogP contribution in [0, 0.1) is 0 Å². The highest BCUT2D eigenvalue weighted by atomic mass is 28.4. The van der Waals surface area contributed by atoms with E-state index < -0.39 is 16.9 Å². The fraction of sp³-hybridized carbons (Fsp3) is 0.571. The highest BCUT2D eigenvalue weighted by Gasteiger charge is 2.37. The van der Waals surface area contributed by atoms with Crippen LogP contribution in [-0.2, 0) is 19.7 Å². The number of hydrogen-bond donors (Lipinski definition) is 0. The average Bonchev–Trinajstić information content (AvgIpc) is 2.40. The molecule has 0 amide bonds. The molecule has 0 fully saturated rings. The summed E-state index contributed by atoms with van der Waals surface area (Å²) >= 11 is 0. The summed E-state index contributed by atoms with van der Waals surface area (Å²) in [5, 5.41) is 1.49. The van der Waals surface area contributed by atoms with Crippen LogP contribution in [0.1, 0.15) is 5.56 Å². The molecule has 3 nitrogen and oxygen atoms in total. The number of benzene rings is 1. The molecular formula is C14H26O3Si2. The molecule has 0 radical (unpaired) electrons. The molecular weight excluding hydrogens is 272 g/mol. The third-order valence-corrected chi connectivity index (χ3v) is 8.22. The van der Waals surface area contributed by atoms with Gasteiger partial charge in [-0.1, -0.05) is 49.1 Å². The van der Waals surface area contributed by atoms with Crippen molar-refractivity contribution in [3.63, 3.8) is 0 Å². The van der Waals surface area contributed by atoms with Crippen molar-refractivity contribution in [1.29, 1.82) is 0 Å². The molecule has 0 aliphatic heterocycles. The van der Waals surface area contributed by atoms with Gasteiger partial charge in [-0.2, -0.15) is 0 Å². The lowest BCUT2D eigenvalue weighted by molar-refractivity contribution is 0.123. The first-order chi connectivity index (χ1) is 8.87. The van der Waals surface area contributed by atoms with Crippen LogP contribution >= 0.6 is 0 Å². The standard InChI is InChI=1S/C14H26O3Si2/c1-15-19(16-2,17-3)11-10-13-8-7-9-14(12-13)18(4,5)6/h7-9,12H,10-11H2,1-6H3. The molecule has 0 atom stereocenters. The summed E-state index contributed by atoms with van der Waals surface area (Å²) in [6.45, 7) is 7.10. The van der Waals surface area contributed by atoms with Gasteiger partial charge in [0.05, 0.1) is 8.07 Å². The van der Waals surface area contributed by atoms with Crippen LogP contribution in [0.3, 0.4) is 0 Å². The average molecular weight is 299 g/mol. The lowest BCUT2D eigenvalue weighted by Crippen LogP contribution is -2.43. The van der Waals surface area contributed by atoms with E-state index in [1.807, 2.05) is 0 Å². The maximum atomic E-state index is 5.46. The van der Waals surface area contributed by atoms with Gasteiger partial charge in [0.15, 0.2) is 0 Å². The summed E-state index contributed by atoms with van der Waals surface area (Å²) < 4.78 is 16.4. The molecule has 0 unspecified atom stereocenters. The van der Waals surface area contributed by atoms with Crippen molar-refractivity contribution in [3.05, 3.63) is 29.8 Å². The van der Waals surface area contributed by atoms with Crippen molar-refractivity contribution in [3.8, 4) is 0 Å². The van der Waals surface area contributed by atoms with Gasteiger partial charge in [0.2, 0.25) is 0 Å². The lowest BCUT2D eigenvalue weighted by Gasteiger charge is -2.24. The van der Waals surface area contributed by atoms with Crippen molar-refractivity contribution in [1.82, 2.24) is 0 Å². The molecule has 0 aliphatic rings. The highest BCUT2D eigenvalue weighted by Crippen LogP contribution is 2.16. The summed E-state index contributed by atoms with van der Waals surface area (Å²) in [5.74, 6) is 0. The summed E-state index contributed by atoms with van der Waals surface area (Å²) in [6.07, 6.45) is 0.931. The first kappa shape index (κ1) is 16.6. The Labute approximate surface area is 119 Å². The van der Waals surface area contributed by atoms with Gasteiger partial charge in [-0.3, -0.25) is 0 Å². The minimum absolute atomic E-state index is 0.811. The van der Waals surface area contributed by atoms with Gasteiger partial charge in [-0.25, -0.2) is 0 Å². The summed E-state index contributed by atoms with van der Waals surface area (Å²) in [7, 11) is 1.29. The molecule has 0 saturated heterocycles. The van der Waals surface area contributed by atoms with Crippen molar-refractivity contribution < 1.29 is 13.3 Å². The molecule has 108 valence electrons. The fourth-order valence-electron chi connectivity index (χ4n) is 2.05. The van der Waals surface area contributed by atoms with E-state index in [1.165, 1.54) is 10.8 Å². The molecule has 0 heterocycles. The SMILES string of the molecule is CO[Si](CCc1cccc([Si](C)(C)C)c1)(OC)OC. The zero-order chi connectivity index (χ0) is 14.5. The molecule has 19 heavy (non-hydrogen) atoms. The van der Waals surface area contributed by atoms with Crippen molar-refractivity contribution in [2.24, 2.45) is 0 Å². The summed E-state index contributed by atoms with van der Waals surface area (Å²) in [5.41, 5.74) is 1.34. The van der Waals surface area contributed by atoms with Gasteiger partial charge in [0.1, 0.15) is 0 Å². The largest absolute Gasteiger partial charge is 0.500 e. The third-order valence-electron chi connectivity index (χ3n) is 3.45. The topological polar surface area (TPSA) is 27.7 Å². The molecule has 0 aromatic heterocycles. The van der Waals surface area contributed by atoms with Crippen LogP contribution in [0.4, 0.5) is 0 Å². The van der Waals surface area contributed by atoms with E-state index in [2.05, 4.69) is 43.9 Å². The van der Waals surface area contributed by atoms with E-state index in [9.17, 15) is 0 Å². The molecule has 0 N–H and O–H groups in total. The predicted octanol–water partition coefficient (Wildman–Crippen LogP) is 2.65. The fourth-order valence-corrected chi connectivity index (χ4v) is 4.97. The van der Waals surface area contributed by atoms with Crippen molar-refractivity contribution >= 4 is 22.1 Å². The third kappa shape index (κ3) is 4.54. The molecule has 5 heteroatoms. The van der Waals surface area contributed by atoms with E-state index in [-0.39, 0.29) is 0 Å². The summed E-state index contributed by atoms with van der Waals surface area (Å²) in [6, 6.07) is 9.70. The smallest absolute Gasteiger partial charge is 0.377 e. The molecule has 1 aromatic carbocycles. The van der Waals surface area contributed by atoms with Crippen LogP contribution in [0.2, 0.25) is 25.7 Å². The monoisotopic (exact) mass is 298 g/mol. The Balaban J connectivity index is 2.78. The molecule has 0 bridgehead atoms. The summed E-state index contributed by atoms with van der Waals surface area (Å²) in [4.78, 5) is 0. The van der Waals surface area contributed by atoms with Gasteiger partial charge in [0.25, 0.3) is 0 Å². The molecule has 0 saturated carbocycles. The first-order valence-corrected chi connectivity index (χ1v) is 12.0.